The van der Waals surface area contributed by atoms with Gasteiger partial charge in [0, 0.05) is 36.9 Å². The van der Waals surface area contributed by atoms with Crippen molar-refractivity contribution in [3.8, 4) is 0 Å². The highest BCUT2D eigenvalue weighted by atomic mass is 79.9. The number of halogens is 1. The summed E-state index contributed by atoms with van der Waals surface area (Å²) in [5.41, 5.74) is 8.12. The Balaban J connectivity index is 2.90. The Morgan fingerprint density at radius 3 is 2.75 bits per heavy atom. The van der Waals surface area contributed by atoms with Crippen molar-refractivity contribution < 1.29 is 4.74 Å². The number of hydrogen-bond donors (Lipinski definition) is 1. The van der Waals surface area contributed by atoms with Gasteiger partial charge in [-0.25, -0.2) is 0 Å². The second kappa shape index (κ2) is 6.89. The fraction of sp³-hybridized carbons (Fsp3) is 0.500. The molecule has 0 aromatic heterocycles. The van der Waals surface area contributed by atoms with Gasteiger partial charge in [0.1, 0.15) is 0 Å². The van der Waals surface area contributed by atoms with Crippen LogP contribution in [0.15, 0.2) is 22.7 Å². The van der Waals surface area contributed by atoms with Gasteiger partial charge in [-0.2, -0.15) is 0 Å². The molecular weight excluding hydrogens is 268 g/mol. The van der Waals surface area contributed by atoms with E-state index in [1.165, 1.54) is 5.69 Å². The Morgan fingerprint density at radius 2 is 2.19 bits per heavy atom. The van der Waals surface area contributed by atoms with Gasteiger partial charge in [0.05, 0.1) is 6.61 Å². The minimum Gasteiger partial charge on any atom is -0.383 e. The number of ether oxygens (including phenoxy) is 1. The molecule has 0 unspecified atom stereocenters. The van der Waals surface area contributed by atoms with Crippen LogP contribution >= 0.6 is 15.9 Å². The number of nitrogens with two attached hydrogens (primary N) is 1. The molecule has 1 aromatic rings. The van der Waals surface area contributed by atoms with Crippen molar-refractivity contribution in [1.29, 1.82) is 0 Å². The third-order valence-corrected chi connectivity index (χ3v) is 3.04. The molecular formula is C12H19BrN2O. The summed E-state index contributed by atoms with van der Waals surface area (Å²) < 4.78 is 6.18. The minimum absolute atomic E-state index is 0.554. The maximum absolute atomic E-state index is 5.76. The summed E-state index contributed by atoms with van der Waals surface area (Å²) in [5, 5.41) is 0. The molecule has 0 radical (unpaired) electrons. The van der Waals surface area contributed by atoms with Crippen LogP contribution < -0.4 is 10.6 Å². The third-order valence-electron chi connectivity index (χ3n) is 2.55. The molecule has 0 aliphatic carbocycles. The molecule has 0 aliphatic rings. The summed E-state index contributed by atoms with van der Waals surface area (Å²) >= 11 is 3.46. The van der Waals surface area contributed by atoms with E-state index in [-0.39, 0.29) is 0 Å². The lowest BCUT2D eigenvalue weighted by Crippen LogP contribution is -2.28. The van der Waals surface area contributed by atoms with Gasteiger partial charge in [0.15, 0.2) is 0 Å². The van der Waals surface area contributed by atoms with E-state index < -0.39 is 0 Å². The molecule has 0 atom stereocenters. The molecule has 0 amide bonds. The Bertz CT molecular complexity index is 331. The molecule has 0 saturated carbocycles. The van der Waals surface area contributed by atoms with Crippen LogP contribution in [0.4, 0.5) is 5.69 Å². The van der Waals surface area contributed by atoms with E-state index in [4.69, 9.17) is 10.5 Å². The molecule has 0 saturated heterocycles. The molecule has 0 aliphatic heterocycles. The maximum Gasteiger partial charge on any atom is 0.0637 e. The van der Waals surface area contributed by atoms with Gasteiger partial charge < -0.3 is 15.4 Å². The SMILES string of the molecule is CCN(CCOC)c1ccc(Br)cc1CN. The first-order chi connectivity index (χ1) is 7.72. The largest absolute Gasteiger partial charge is 0.383 e. The van der Waals surface area contributed by atoms with Crippen molar-refractivity contribution in [2.24, 2.45) is 5.73 Å². The van der Waals surface area contributed by atoms with Crippen LogP contribution in [0.3, 0.4) is 0 Å². The average Bonchev–Trinajstić information content (AvgIpc) is 2.31. The molecule has 2 N–H and O–H groups in total. The highest BCUT2D eigenvalue weighted by Crippen LogP contribution is 2.24. The predicted molar refractivity (Wildman–Crippen MR) is 71.8 cm³/mol. The average molecular weight is 287 g/mol. The monoisotopic (exact) mass is 286 g/mol. The van der Waals surface area contributed by atoms with Crippen LogP contribution in [-0.2, 0) is 11.3 Å². The first-order valence-electron chi connectivity index (χ1n) is 5.45. The lowest BCUT2D eigenvalue weighted by Gasteiger charge is -2.25. The maximum atomic E-state index is 5.76. The molecule has 1 rings (SSSR count). The van der Waals surface area contributed by atoms with Crippen LogP contribution in [0.1, 0.15) is 12.5 Å². The van der Waals surface area contributed by atoms with Crippen LogP contribution in [0.25, 0.3) is 0 Å². The van der Waals surface area contributed by atoms with Crippen LogP contribution in [0.5, 0.6) is 0 Å². The zero-order valence-corrected chi connectivity index (χ0v) is 11.5. The molecule has 0 spiro atoms. The van der Waals surface area contributed by atoms with Crippen molar-refractivity contribution in [2.45, 2.75) is 13.5 Å². The van der Waals surface area contributed by atoms with Crippen molar-refractivity contribution in [1.82, 2.24) is 0 Å². The van der Waals surface area contributed by atoms with Gasteiger partial charge in [-0.05, 0) is 30.7 Å². The molecule has 0 bridgehead atoms. The van der Waals surface area contributed by atoms with Crippen molar-refractivity contribution >= 4 is 21.6 Å². The molecule has 3 nitrogen and oxygen atoms in total. The van der Waals surface area contributed by atoms with E-state index in [0.717, 1.165) is 29.7 Å². The van der Waals surface area contributed by atoms with E-state index in [9.17, 15) is 0 Å². The molecule has 4 heteroatoms. The lowest BCUT2D eigenvalue weighted by atomic mass is 10.1. The topological polar surface area (TPSA) is 38.5 Å². The van der Waals surface area contributed by atoms with E-state index in [2.05, 4.69) is 39.9 Å². The first kappa shape index (κ1) is 13.5. The lowest BCUT2D eigenvalue weighted by molar-refractivity contribution is 0.205. The van der Waals surface area contributed by atoms with Gasteiger partial charge in [0.2, 0.25) is 0 Å². The fourth-order valence-electron chi connectivity index (χ4n) is 1.68. The highest BCUT2D eigenvalue weighted by molar-refractivity contribution is 9.10. The zero-order chi connectivity index (χ0) is 12.0. The van der Waals surface area contributed by atoms with Crippen molar-refractivity contribution in [2.75, 3.05) is 31.7 Å². The minimum atomic E-state index is 0.554. The van der Waals surface area contributed by atoms with E-state index in [1.54, 1.807) is 7.11 Å². The molecule has 16 heavy (non-hydrogen) atoms. The number of methoxy groups -OCH3 is 1. The normalized spacial score (nSPS) is 10.5. The zero-order valence-electron chi connectivity index (χ0n) is 9.87. The summed E-state index contributed by atoms with van der Waals surface area (Å²) in [6.07, 6.45) is 0. The van der Waals surface area contributed by atoms with Gasteiger partial charge in [-0.1, -0.05) is 15.9 Å². The number of nitrogens with zero attached hydrogens (tertiary/aromatic N) is 1. The molecule has 90 valence electrons. The molecule has 0 fully saturated rings. The highest BCUT2D eigenvalue weighted by Gasteiger charge is 2.08. The second-order valence-corrected chi connectivity index (χ2v) is 4.47. The number of hydrogen-bond acceptors (Lipinski definition) is 3. The Labute approximate surface area is 106 Å². The van der Waals surface area contributed by atoms with Gasteiger partial charge in [-0.3, -0.25) is 0 Å². The van der Waals surface area contributed by atoms with Gasteiger partial charge in [-0.15, -0.1) is 0 Å². The number of anilines is 1. The third kappa shape index (κ3) is 3.47. The van der Waals surface area contributed by atoms with E-state index in [1.807, 2.05) is 6.07 Å². The van der Waals surface area contributed by atoms with Crippen molar-refractivity contribution in [3.63, 3.8) is 0 Å². The van der Waals surface area contributed by atoms with Gasteiger partial charge in [0.25, 0.3) is 0 Å². The molecule has 0 heterocycles. The van der Waals surface area contributed by atoms with Crippen LogP contribution in [-0.4, -0.2) is 26.8 Å². The summed E-state index contributed by atoms with van der Waals surface area (Å²) in [6.45, 7) is 5.27. The van der Waals surface area contributed by atoms with Crippen LogP contribution in [0, 0.1) is 0 Å². The quantitative estimate of drug-likeness (QED) is 0.873. The summed E-state index contributed by atoms with van der Waals surface area (Å²) in [4.78, 5) is 2.28. The fourth-order valence-corrected chi connectivity index (χ4v) is 2.08. The Hall–Kier alpha value is -0.580. The predicted octanol–water partition coefficient (Wildman–Crippen LogP) is 2.38. The number of rotatable bonds is 6. The summed E-state index contributed by atoms with van der Waals surface area (Å²) in [5.74, 6) is 0. The van der Waals surface area contributed by atoms with E-state index >= 15 is 0 Å². The standard InChI is InChI=1S/C12H19BrN2O/c1-3-15(6-7-16-2)12-5-4-11(13)8-10(12)9-14/h4-5,8H,3,6-7,9,14H2,1-2H3. The number of benzene rings is 1. The second-order valence-electron chi connectivity index (χ2n) is 3.55. The van der Waals surface area contributed by atoms with Crippen molar-refractivity contribution in [3.05, 3.63) is 28.2 Å². The Kier molecular flexibility index (Phi) is 5.80. The molecule has 1 aromatic carbocycles. The van der Waals surface area contributed by atoms with Crippen LogP contribution in [0.2, 0.25) is 0 Å². The smallest absolute Gasteiger partial charge is 0.0637 e. The summed E-state index contributed by atoms with van der Waals surface area (Å²) in [7, 11) is 1.72. The Morgan fingerprint density at radius 1 is 1.44 bits per heavy atom. The summed E-state index contributed by atoms with van der Waals surface area (Å²) in [6, 6.07) is 6.22. The first-order valence-corrected chi connectivity index (χ1v) is 6.24. The number of likely N-dealkylation sites (N-methyl/N-ethyl adjacent to an activating group) is 1. The van der Waals surface area contributed by atoms with E-state index in [0.29, 0.717) is 6.54 Å². The van der Waals surface area contributed by atoms with Gasteiger partial charge >= 0.3 is 0 Å².